The zero-order valence-corrected chi connectivity index (χ0v) is 23.5. The normalized spacial score (nSPS) is 19.4. The molecule has 2 aliphatic rings. The fourth-order valence-electron chi connectivity index (χ4n) is 4.95. The third-order valence-electron chi connectivity index (χ3n) is 6.92. The fourth-order valence-corrected chi connectivity index (χ4v) is 5.96. The molecule has 1 saturated heterocycles. The van der Waals surface area contributed by atoms with Gasteiger partial charge in [-0.15, -0.1) is 0 Å². The number of fused-ring (bicyclic) bond motifs is 1. The third-order valence-corrected chi connectivity index (χ3v) is 8.05. The van der Waals surface area contributed by atoms with Gasteiger partial charge in [0.25, 0.3) is 5.78 Å². The topological polar surface area (TPSA) is 115 Å². The Kier molecular flexibility index (Phi) is 7.62. The number of carbonyl (C=O) groups is 3. The van der Waals surface area contributed by atoms with E-state index < -0.39 is 23.7 Å². The number of unbranched alkanes of at least 4 members (excludes halogenated alkanes) is 1. The second-order valence-electron chi connectivity index (χ2n) is 9.80. The van der Waals surface area contributed by atoms with Gasteiger partial charge in [-0.1, -0.05) is 36.8 Å². The molecule has 0 spiro atoms. The molecule has 2 atom stereocenters. The molecule has 0 bridgehead atoms. The lowest BCUT2D eigenvalue weighted by molar-refractivity contribution is -0.132. The predicted octanol–water partition coefficient (Wildman–Crippen LogP) is 5.37. The first-order chi connectivity index (χ1) is 19.2. The van der Waals surface area contributed by atoms with Crippen LogP contribution in [0.25, 0.3) is 5.76 Å². The van der Waals surface area contributed by atoms with Crippen LogP contribution >= 0.6 is 11.3 Å². The number of aliphatic hydroxyl groups is 1. The molecule has 5 rings (SSSR count). The Hall–Kier alpha value is -4.18. The van der Waals surface area contributed by atoms with E-state index in [9.17, 15) is 19.5 Å². The Bertz CT molecular complexity index is 1530. The number of hydrogen-bond donors (Lipinski definition) is 1. The van der Waals surface area contributed by atoms with Gasteiger partial charge in [0.15, 0.2) is 5.13 Å². The van der Waals surface area contributed by atoms with Gasteiger partial charge in [-0.05, 0) is 61.7 Å². The number of anilines is 1. The number of methoxy groups -OCH3 is 1. The molecule has 40 heavy (non-hydrogen) atoms. The second-order valence-corrected chi connectivity index (χ2v) is 10.8. The number of aromatic nitrogens is 1. The highest BCUT2D eigenvalue weighted by Crippen LogP contribution is 2.45. The Morgan fingerprint density at radius 3 is 2.77 bits per heavy atom. The van der Waals surface area contributed by atoms with E-state index in [0.717, 1.165) is 35.5 Å². The molecular weight excluding hydrogens is 532 g/mol. The number of Topliss-reactive ketones (excluding diaryl/α,β-unsaturated/α-hetero) is 1. The van der Waals surface area contributed by atoms with Crippen molar-refractivity contribution < 1.29 is 33.7 Å². The van der Waals surface area contributed by atoms with Gasteiger partial charge >= 0.3 is 11.9 Å². The summed E-state index contributed by atoms with van der Waals surface area (Å²) in [5.74, 6) is -1.29. The minimum absolute atomic E-state index is 0.00516. The first-order valence-electron chi connectivity index (χ1n) is 13.1. The van der Waals surface area contributed by atoms with Crippen molar-refractivity contribution >= 4 is 39.9 Å². The lowest BCUT2D eigenvalue weighted by atomic mass is 9.94. The number of nitrogens with zero attached hydrogens (tertiary/aromatic N) is 2. The molecule has 0 aliphatic carbocycles. The van der Waals surface area contributed by atoms with Gasteiger partial charge in [0.05, 0.1) is 31.0 Å². The average molecular weight is 563 g/mol. The molecule has 0 radical (unpaired) electrons. The Morgan fingerprint density at radius 1 is 1.23 bits per heavy atom. The zero-order valence-electron chi connectivity index (χ0n) is 22.7. The van der Waals surface area contributed by atoms with Crippen LogP contribution in [0.15, 0.2) is 48.0 Å². The second kappa shape index (κ2) is 11.1. The van der Waals surface area contributed by atoms with E-state index in [0.29, 0.717) is 35.6 Å². The van der Waals surface area contributed by atoms with Crippen molar-refractivity contribution in [3.8, 4) is 11.5 Å². The van der Waals surface area contributed by atoms with Crippen molar-refractivity contribution in [1.29, 1.82) is 0 Å². The lowest BCUT2D eigenvalue weighted by Crippen LogP contribution is -2.29. The van der Waals surface area contributed by atoms with Gasteiger partial charge in [-0.25, -0.2) is 9.78 Å². The number of aryl methyl sites for hydroxylation is 1. The summed E-state index contributed by atoms with van der Waals surface area (Å²) in [5.41, 5.74) is 2.17. The summed E-state index contributed by atoms with van der Waals surface area (Å²) in [6.45, 7) is 6.18. The Labute approximate surface area is 236 Å². The molecule has 3 aromatic rings. The molecule has 10 heteroatoms. The fraction of sp³-hybridized carbons (Fsp3) is 0.333. The maximum Gasteiger partial charge on any atom is 0.350 e. The summed E-state index contributed by atoms with van der Waals surface area (Å²) in [6.07, 6.45) is 2.51. The maximum atomic E-state index is 13.6. The molecule has 9 nitrogen and oxygen atoms in total. The highest BCUT2D eigenvalue weighted by molar-refractivity contribution is 7.17. The lowest BCUT2D eigenvalue weighted by Gasteiger charge is -2.23. The molecule has 1 fully saturated rings. The molecule has 3 heterocycles. The summed E-state index contributed by atoms with van der Waals surface area (Å²) >= 11 is 0.956. The summed E-state index contributed by atoms with van der Waals surface area (Å²) in [4.78, 5) is 45.3. The third kappa shape index (κ3) is 4.95. The van der Waals surface area contributed by atoms with Crippen LogP contribution in [0.1, 0.15) is 64.8 Å². The van der Waals surface area contributed by atoms with Crippen molar-refractivity contribution in [3.63, 3.8) is 0 Å². The quantitative estimate of drug-likeness (QED) is 0.128. The van der Waals surface area contributed by atoms with Gasteiger partial charge in [-0.2, -0.15) is 0 Å². The van der Waals surface area contributed by atoms with E-state index in [-0.39, 0.29) is 27.4 Å². The average Bonchev–Trinajstić information content (AvgIpc) is 3.59. The molecular formula is C30H30N2O7S. The Morgan fingerprint density at radius 2 is 2.02 bits per heavy atom. The number of rotatable bonds is 8. The van der Waals surface area contributed by atoms with E-state index in [4.69, 9.17) is 14.2 Å². The zero-order chi connectivity index (χ0) is 28.6. The molecule has 0 saturated carbocycles. The van der Waals surface area contributed by atoms with Gasteiger partial charge in [0, 0.05) is 12.0 Å². The van der Waals surface area contributed by atoms with Crippen LogP contribution in [0, 0.1) is 6.92 Å². The standard InChI is InChI=1S/C30H30N2O7S/c1-5-6-12-38-21-9-7-8-18(15-21)24-23(25(33)19-10-11-22-20(14-19)13-16(2)39-22)26(34)28(35)32(24)30-31-17(3)27(40-30)29(36)37-4/h7-11,14-16,24,33H,5-6,12-13H2,1-4H3/b25-23+/t16-,24+/m0/s1. The van der Waals surface area contributed by atoms with Crippen LogP contribution < -0.4 is 14.4 Å². The van der Waals surface area contributed by atoms with Crippen molar-refractivity contribution in [2.75, 3.05) is 18.6 Å². The number of ether oxygens (including phenoxy) is 3. The van der Waals surface area contributed by atoms with Crippen LogP contribution in [-0.4, -0.2) is 47.6 Å². The number of ketones is 1. The molecule has 2 aromatic carbocycles. The number of carbonyl (C=O) groups excluding carboxylic acids is 3. The monoisotopic (exact) mass is 562 g/mol. The summed E-state index contributed by atoms with van der Waals surface area (Å²) in [6, 6.07) is 11.3. The summed E-state index contributed by atoms with van der Waals surface area (Å²) < 4.78 is 16.5. The molecule has 1 N–H and O–H groups in total. The van der Waals surface area contributed by atoms with Crippen molar-refractivity contribution in [3.05, 3.63) is 75.3 Å². The van der Waals surface area contributed by atoms with Crippen LogP contribution in [0.3, 0.4) is 0 Å². The largest absolute Gasteiger partial charge is 0.507 e. The molecule has 0 unspecified atom stereocenters. The van der Waals surface area contributed by atoms with Gasteiger partial charge in [0.1, 0.15) is 28.2 Å². The molecule has 1 aromatic heterocycles. The minimum atomic E-state index is -1.01. The van der Waals surface area contributed by atoms with Crippen LogP contribution in [0.2, 0.25) is 0 Å². The predicted molar refractivity (Wildman–Crippen MR) is 150 cm³/mol. The molecule has 208 valence electrons. The summed E-state index contributed by atoms with van der Waals surface area (Å²) in [7, 11) is 1.26. The highest BCUT2D eigenvalue weighted by Gasteiger charge is 2.48. The number of amides is 1. The number of aliphatic hydroxyl groups excluding tert-OH is 1. The first-order valence-corrected chi connectivity index (χ1v) is 13.9. The van der Waals surface area contributed by atoms with E-state index in [1.54, 1.807) is 49.4 Å². The SMILES string of the molecule is CCCCOc1cccc([C@@H]2/C(=C(\O)c3ccc4c(c3)C[C@H](C)O4)C(=O)C(=O)N2c2nc(C)c(C(=O)OC)s2)c1. The number of benzene rings is 2. The highest BCUT2D eigenvalue weighted by atomic mass is 32.1. The first kappa shape index (κ1) is 27.4. The van der Waals surface area contributed by atoms with Crippen LogP contribution in [-0.2, 0) is 20.7 Å². The van der Waals surface area contributed by atoms with E-state index >= 15 is 0 Å². The van der Waals surface area contributed by atoms with Crippen LogP contribution in [0.4, 0.5) is 5.13 Å². The van der Waals surface area contributed by atoms with Gasteiger partial charge in [0.2, 0.25) is 0 Å². The number of esters is 1. The number of thiazole rings is 1. The Balaban J connectivity index is 1.65. The van der Waals surface area contributed by atoms with Gasteiger partial charge in [-0.3, -0.25) is 14.5 Å². The number of hydrogen-bond acceptors (Lipinski definition) is 9. The maximum absolute atomic E-state index is 13.6. The molecule has 1 amide bonds. The van der Waals surface area contributed by atoms with Crippen molar-refractivity contribution in [2.24, 2.45) is 0 Å². The van der Waals surface area contributed by atoms with E-state index in [1.165, 1.54) is 12.0 Å². The van der Waals surface area contributed by atoms with Crippen molar-refractivity contribution in [1.82, 2.24) is 4.98 Å². The summed E-state index contributed by atoms with van der Waals surface area (Å²) in [5, 5.41) is 11.7. The van der Waals surface area contributed by atoms with Crippen LogP contribution in [0.5, 0.6) is 11.5 Å². The van der Waals surface area contributed by atoms with E-state index in [2.05, 4.69) is 11.9 Å². The minimum Gasteiger partial charge on any atom is -0.507 e. The van der Waals surface area contributed by atoms with Crippen molar-refractivity contribution in [2.45, 2.75) is 52.2 Å². The van der Waals surface area contributed by atoms with Gasteiger partial charge < -0.3 is 19.3 Å². The smallest absolute Gasteiger partial charge is 0.350 e. The van der Waals surface area contributed by atoms with E-state index in [1.807, 2.05) is 6.92 Å². The molecule has 2 aliphatic heterocycles.